The largest absolute Gasteiger partial charge is 0.465 e. The Labute approximate surface area is 151 Å². The van der Waals surface area contributed by atoms with Gasteiger partial charge in [-0.15, -0.1) is 0 Å². The molecule has 0 radical (unpaired) electrons. The number of carbonyl (C=O) groups excluding carboxylic acids is 1. The van der Waals surface area contributed by atoms with Gasteiger partial charge in [0.05, 0.1) is 18.7 Å². The van der Waals surface area contributed by atoms with Crippen LogP contribution in [0.15, 0.2) is 40.9 Å². The van der Waals surface area contributed by atoms with Gasteiger partial charge in [-0.25, -0.2) is 4.79 Å². The molecule has 2 aromatic carbocycles. The van der Waals surface area contributed by atoms with Gasteiger partial charge in [0.1, 0.15) is 0 Å². The number of rotatable bonds is 2. The van der Waals surface area contributed by atoms with E-state index in [2.05, 4.69) is 53.3 Å². The molecule has 0 aromatic heterocycles. The Morgan fingerprint density at radius 3 is 2.71 bits per heavy atom. The highest BCUT2D eigenvalue weighted by Crippen LogP contribution is 2.46. The monoisotopic (exact) mass is 387 g/mol. The second kappa shape index (κ2) is 6.25. The second-order valence-corrected chi connectivity index (χ2v) is 7.96. The first kappa shape index (κ1) is 17.0. The van der Waals surface area contributed by atoms with E-state index in [-0.39, 0.29) is 17.4 Å². The Bertz CT molecular complexity index is 798. The van der Waals surface area contributed by atoms with Crippen molar-refractivity contribution in [2.75, 3.05) is 12.4 Å². The SMILES string of the molecule is COC(=O)c1cc(C)c2c(c1)C(C)(C)CC(c1cccc(Br)c1)N2. The molecule has 0 saturated heterocycles. The number of aryl methyl sites for hydroxylation is 1. The predicted molar refractivity (Wildman–Crippen MR) is 101 cm³/mol. The third-order valence-electron chi connectivity index (χ3n) is 4.77. The smallest absolute Gasteiger partial charge is 0.337 e. The van der Waals surface area contributed by atoms with Crippen molar-refractivity contribution in [2.45, 2.75) is 38.6 Å². The highest BCUT2D eigenvalue weighted by atomic mass is 79.9. The van der Waals surface area contributed by atoms with Crippen LogP contribution in [-0.4, -0.2) is 13.1 Å². The molecule has 0 amide bonds. The second-order valence-electron chi connectivity index (χ2n) is 7.05. The van der Waals surface area contributed by atoms with Gasteiger partial charge in [-0.2, -0.15) is 0 Å². The number of hydrogen-bond donors (Lipinski definition) is 1. The predicted octanol–water partition coefficient (Wildman–Crippen LogP) is 5.38. The molecular weight excluding hydrogens is 366 g/mol. The summed E-state index contributed by atoms with van der Waals surface area (Å²) in [5.41, 5.74) is 5.21. The number of halogens is 1. The number of ether oxygens (including phenoxy) is 1. The van der Waals surface area contributed by atoms with Crippen LogP contribution < -0.4 is 5.32 Å². The maximum absolute atomic E-state index is 11.9. The molecule has 1 aliphatic heterocycles. The minimum atomic E-state index is -0.286. The lowest BCUT2D eigenvalue weighted by atomic mass is 9.73. The molecule has 4 heteroatoms. The van der Waals surface area contributed by atoms with Crippen LogP contribution in [0.3, 0.4) is 0 Å². The summed E-state index contributed by atoms with van der Waals surface area (Å²) < 4.78 is 5.98. The van der Waals surface area contributed by atoms with Gasteiger partial charge in [-0.3, -0.25) is 0 Å². The van der Waals surface area contributed by atoms with Gasteiger partial charge in [-0.05, 0) is 59.7 Å². The average molecular weight is 388 g/mol. The zero-order valence-corrected chi connectivity index (χ0v) is 16.0. The molecule has 24 heavy (non-hydrogen) atoms. The Hall–Kier alpha value is -1.81. The van der Waals surface area contributed by atoms with Crippen molar-refractivity contribution in [3.63, 3.8) is 0 Å². The first-order chi connectivity index (χ1) is 11.3. The van der Waals surface area contributed by atoms with E-state index in [1.54, 1.807) is 0 Å². The minimum Gasteiger partial charge on any atom is -0.465 e. The topological polar surface area (TPSA) is 38.3 Å². The summed E-state index contributed by atoms with van der Waals surface area (Å²) in [6.07, 6.45) is 0.959. The third kappa shape index (κ3) is 3.07. The Balaban J connectivity index is 2.06. The fourth-order valence-corrected chi connectivity index (χ4v) is 3.94. The van der Waals surface area contributed by atoms with Crippen molar-refractivity contribution >= 4 is 27.6 Å². The Morgan fingerprint density at radius 1 is 1.29 bits per heavy atom. The first-order valence-electron chi connectivity index (χ1n) is 8.07. The molecule has 1 N–H and O–H groups in total. The quantitative estimate of drug-likeness (QED) is 0.702. The molecule has 0 fully saturated rings. The summed E-state index contributed by atoms with van der Waals surface area (Å²) in [5, 5.41) is 3.68. The van der Waals surface area contributed by atoms with E-state index in [0.717, 1.165) is 22.1 Å². The van der Waals surface area contributed by atoms with E-state index in [9.17, 15) is 4.79 Å². The van der Waals surface area contributed by atoms with Gasteiger partial charge < -0.3 is 10.1 Å². The van der Waals surface area contributed by atoms with E-state index >= 15 is 0 Å². The first-order valence-corrected chi connectivity index (χ1v) is 8.86. The molecule has 1 atom stereocenters. The summed E-state index contributed by atoms with van der Waals surface area (Å²) in [6.45, 7) is 6.51. The van der Waals surface area contributed by atoms with E-state index in [1.165, 1.54) is 18.2 Å². The highest BCUT2D eigenvalue weighted by Gasteiger charge is 2.35. The zero-order valence-electron chi connectivity index (χ0n) is 14.4. The summed E-state index contributed by atoms with van der Waals surface area (Å²) in [6, 6.07) is 12.5. The van der Waals surface area contributed by atoms with Crippen molar-refractivity contribution in [2.24, 2.45) is 0 Å². The van der Waals surface area contributed by atoms with Crippen LogP contribution >= 0.6 is 15.9 Å². The van der Waals surface area contributed by atoms with E-state index < -0.39 is 0 Å². The molecule has 126 valence electrons. The Kier molecular flexibility index (Phi) is 4.43. The van der Waals surface area contributed by atoms with Crippen LogP contribution in [0.25, 0.3) is 0 Å². The highest BCUT2D eigenvalue weighted by molar-refractivity contribution is 9.10. The minimum absolute atomic E-state index is 0.0393. The number of fused-ring (bicyclic) bond motifs is 1. The standard InChI is InChI=1S/C20H22BrNO2/c1-12-8-14(19(23)24-4)10-16-18(12)22-17(11-20(16,2)3)13-6-5-7-15(21)9-13/h5-10,17,22H,11H2,1-4H3. The van der Waals surface area contributed by atoms with Gasteiger partial charge in [0.2, 0.25) is 0 Å². The van der Waals surface area contributed by atoms with Crippen molar-refractivity contribution in [3.8, 4) is 0 Å². The van der Waals surface area contributed by atoms with Gasteiger partial charge >= 0.3 is 5.97 Å². The van der Waals surface area contributed by atoms with Gasteiger partial charge in [0.25, 0.3) is 0 Å². The summed E-state index contributed by atoms with van der Waals surface area (Å²) in [5.74, 6) is -0.286. The molecule has 3 nitrogen and oxygen atoms in total. The van der Waals surface area contributed by atoms with Crippen molar-refractivity contribution in [1.82, 2.24) is 0 Å². The average Bonchev–Trinajstić information content (AvgIpc) is 2.54. The van der Waals surface area contributed by atoms with Gasteiger partial charge in [0.15, 0.2) is 0 Å². The lowest BCUT2D eigenvalue weighted by Crippen LogP contribution is -2.32. The Morgan fingerprint density at radius 2 is 2.04 bits per heavy atom. The lowest BCUT2D eigenvalue weighted by Gasteiger charge is -2.40. The van der Waals surface area contributed by atoms with Crippen molar-refractivity contribution in [1.29, 1.82) is 0 Å². The molecule has 1 aliphatic rings. The summed E-state index contributed by atoms with van der Waals surface area (Å²) >= 11 is 3.56. The van der Waals surface area contributed by atoms with Crippen LogP contribution in [0.4, 0.5) is 5.69 Å². The van der Waals surface area contributed by atoms with Gasteiger partial charge in [-0.1, -0.05) is 41.9 Å². The van der Waals surface area contributed by atoms with Crippen LogP contribution in [0.5, 0.6) is 0 Å². The molecular formula is C20H22BrNO2. The molecule has 3 rings (SSSR count). The number of hydrogen-bond acceptors (Lipinski definition) is 3. The molecule has 1 unspecified atom stereocenters. The molecule has 0 spiro atoms. The molecule has 2 aromatic rings. The number of carbonyl (C=O) groups is 1. The molecule has 0 aliphatic carbocycles. The number of esters is 1. The van der Waals surface area contributed by atoms with E-state index in [0.29, 0.717) is 5.56 Å². The summed E-state index contributed by atoms with van der Waals surface area (Å²) in [4.78, 5) is 11.9. The fourth-order valence-electron chi connectivity index (χ4n) is 3.52. The maximum Gasteiger partial charge on any atom is 0.337 e. The van der Waals surface area contributed by atoms with Crippen molar-refractivity contribution < 1.29 is 9.53 Å². The van der Waals surface area contributed by atoms with Crippen LogP contribution in [0, 0.1) is 6.92 Å². The molecule has 1 heterocycles. The zero-order chi connectivity index (χ0) is 17.5. The van der Waals surface area contributed by atoms with E-state index in [4.69, 9.17) is 4.74 Å². The normalized spacial score (nSPS) is 18.5. The van der Waals surface area contributed by atoms with Crippen LogP contribution in [0.1, 0.15) is 53.4 Å². The maximum atomic E-state index is 11.9. The molecule has 0 saturated carbocycles. The molecule has 0 bridgehead atoms. The number of benzene rings is 2. The fraction of sp³-hybridized carbons (Fsp3) is 0.350. The number of anilines is 1. The summed E-state index contributed by atoms with van der Waals surface area (Å²) in [7, 11) is 1.42. The number of methoxy groups -OCH3 is 1. The van der Waals surface area contributed by atoms with E-state index in [1.807, 2.05) is 25.1 Å². The lowest BCUT2D eigenvalue weighted by molar-refractivity contribution is 0.0600. The number of nitrogens with one attached hydrogen (secondary N) is 1. The van der Waals surface area contributed by atoms with Crippen LogP contribution in [0.2, 0.25) is 0 Å². The van der Waals surface area contributed by atoms with Gasteiger partial charge in [0, 0.05) is 10.2 Å². The third-order valence-corrected chi connectivity index (χ3v) is 5.26. The van der Waals surface area contributed by atoms with Crippen LogP contribution in [-0.2, 0) is 10.2 Å². The van der Waals surface area contributed by atoms with Crippen molar-refractivity contribution in [3.05, 3.63) is 63.1 Å².